The summed E-state index contributed by atoms with van der Waals surface area (Å²) in [5.41, 5.74) is 1.12. The Balaban J connectivity index is 2.39. The molecule has 194 valence electrons. The average Bonchev–Trinajstić information content (AvgIpc) is 3.18. The van der Waals surface area contributed by atoms with Crippen LogP contribution in [0.4, 0.5) is 0 Å². The first-order chi connectivity index (χ1) is 16.2. The molecule has 1 aliphatic heterocycles. The van der Waals surface area contributed by atoms with Gasteiger partial charge in [0.1, 0.15) is 17.7 Å². The third kappa shape index (κ3) is 7.92. The van der Waals surface area contributed by atoms with Crippen LogP contribution in [0.25, 0.3) is 6.08 Å². The number of cyclic esters (lactones) is 1. The smallest absolute Gasteiger partial charge is 0.309 e. The van der Waals surface area contributed by atoms with Crippen molar-refractivity contribution < 1.29 is 29.3 Å². The minimum Gasteiger partial charge on any atom is -0.457 e. The second kappa shape index (κ2) is 12.2. The highest BCUT2D eigenvalue weighted by Gasteiger charge is 2.42. The molecule has 1 aliphatic rings. The zero-order valence-corrected chi connectivity index (χ0v) is 22.6. The zero-order valence-electron chi connectivity index (χ0n) is 21.8. The maximum atomic E-state index is 13.2. The van der Waals surface area contributed by atoms with Gasteiger partial charge in [-0.3, -0.25) is 14.4 Å². The van der Waals surface area contributed by atoms with E-state index in [0.717, 1.165) is 21.8 Å². The summed E-state index contributed by atoms with van der Waals surface area (Å²) in [7, 11) is 0. The highest BCUT2D eigenvalue weighted by molar-refractivity contribution is 7.09. The number of ether oxygens (including phenoxy) is 1. The van der Waals surface area contributed by atoms with E-state index < -0.39 is 41.5 Å². The lowest BCUT2D eigenvalue weighted by molar-refractivity contribution is -0.154. The van der Waals surface area contributed by atoms with Crippen LogP contribution in [0.5, 0.6) is 0 Å². The fraction of sp³-hybridized carbons (Fsp3) is 0.630. The van der Waals surface area contributed by atoms with E-state index in [1.54, 1.807) is 27.7 Å². The first-order valence-electron chi connectivity index (χ1n) is 12.1. The Hall–Kier alpha value is -2.16. The third-order valence-corrected chi connectivity index (χ3v) is 7.63. The van der Waals surface area contributed by atoms with Gasteiger partial charge in [0.2, 0.25) is 0 Å². The van der Waals surface area contributed by atoms with Gasteiger partial charge in [-0.15, -0.1) is 11.3 Å². The number of aliphatic hydroxyl groups excluding tert-OH is 2. The quantitative estimate of drug-likeness (QED) is 0.451. The predicted molar refractivity (Wildman–Crippen MR) is 137 cm³/mol. The van der Waals surface area contributed by atoms with Gasteiger partial charge in [0.05, 0.1) is 34.7 Å². The van der Waals surface area contributed by atoms with Crippen LogP contribution in [0.3, 0.4) is 0 Å². The first kappa shape index (κ1) is 29.1. The lowest BCUT2D eigenvalue weighted by Crippen LogP contribution is -2.46. The van der Waals surface area contributed by atoms with E-state index in [9.17, 15) is 24.6 Å². The topological polar surface area (TPSA) is 114 Å². The molecule has 1 aromatic rings. The molecule has 0 spiro atoms. The van der Waals surface area contributed by atoms with Gasteiger partial charge in [-0.25, -0.2) is 4.98 Å². The van der Waals surface area contributed by atoms with Gasteiger partial charge >= 0.3 is 5.97 Å². The number of carbonyl (C=O) groups is 3. The summed E-state index contributed by atoms with van der Waals surface area (Å²) in [5.74, 6) is -2.24. The third-order valence-electron chi connectivity index (χ3n) is 6.84. The lowest BCUT2D eigenvalue weighted by Gasteiger charge is -2.34. The highest BCUT2D eigenvalue weighted by atomic mass is 32.1. The van der Waals surface area contributed by atoms with E-state index in [4.69, 9.17) is 4.74 Å². The highest BCUT2D eigenvalue weighted by Crippen LogP contribution is 2.32. The van der Waals surface area contributed by atoms with Crippen molar-refractivity contribution in [3.63, 3.8) is 0 Å². The number of carbonyl (C=O) groups excluding carboxylic acids is 3. The van der Waals surface area contributed by atoms with Crippen molar-refractivity contribution in [3.05, 3.63) is 33.3 Å². The molecule has 0 bridgehead atoms. The molecule has 0 saturated heterocycles. The molecule has 7 nitrogen and oxygen atoms in total. The number of aryl methyl sites for hydroxylation is 1. The number of esters is 1. The van der Waals surface area contributed by atoms with Crippen molar-refractivity contribution in [2.75, 3.05) is 0 Å². The van der Waals surface area contributed by atoms with Crippen LogP contribution in [-0.2, 0) is 19.1 Å². The van der Waals surface area contributed by atoms with Crippen LogP contribution in [0.15, 0.2) is 22.6 Å². The van der Waals surface area contributed by atoms with Gasteiger partial charge in [-0.2, -0.15) is 0 Å². The maximum Gasteiger partial charge on any atom is 0.309 e. The number of aliphatic hydroxyl groups is 2. The molecule has 0 amide bonds. The molecule has 0 saturated carbocycles. The second-order valence-corrected chi connectivity index (χ2v) is 11.5. The molecule has 0 aliphatic carbocycles. The molecular weight excluding hydrogens is 466 g/mol. The number of aromatic nitrogens is 1. The van der Waals surface area contributed by atoms with Gasteiger partial charge in [0.25, 0.3) is 0 Å². The molecule has 8 heteroatoms. The van der Waals surface area contributed by atoms with Gasteiger partial charge in [-0.1, -0.05) is 39.3 Å². The van der Waals surface area contributed by atoms with Crippen LogP contribution in [0.1, 0.15) is 77.9 Å². The van der Waals surface area contributed by atoms with Crippen LogP contribution in [-0.4, -0.2) is 51.0 Å². The van der Waals surface area contributed by atoms with Crippen molar-refractivity contribution in [2.24, 2.45) is 17.3 Å². The Bertz CT molecular complexity index is 992. The van der Waals surface area contributed by atoms with E-state index in [1.165, 1.54) is 11.3 Å². The summed E-state index contributed by atoms with van der Waals surface area (Å²) < 4.78 is 5.75. The summed E-state index contributed by atoms with van der Waals surface area (Å²) in [5, 5.41) is 24.4. The summed E-state index contributed by atoms with van der Waals surface area (Å²) >= 11 is 1.53. The van der Waals surface area contributed by atoms with Crippen LogP contribution in [0, 0.1) is 24.2 Å². The summed E-state index contributed by atoms with van der Waals surface area (Å²) in [6.07, 6.45) is 1.21. The Morgan fingerprint density at radius 2 is 1.83 bits per heavy atom. The fourth-order valence-corrected chi connectivity index (χ4v) is 4.93. The normalized spacial score (nSPS) is 31.6. The summed E-state index contributed by atoms with van der Waals surface area (Å²) in [6.45, 7) is 12.1. The number of hydrogen-bond acceptors (Lipinski definition) is 8. The largest absolute Gasteiger partial charge is 0.457 e. The summed E-state index contributed by atoms with van der Waals surface area (Å²) in [4.78, 5) is 43.1. The van der Waals surface area contributed by atoms with E-state index in [2.05, 4.69) is 4.98 Å². The van der Waals surface area contributed by atoms with Crippen molar-refractivity contribution in [3.8, 4) is 0 Å². The van der Waals surface area contributed by atoms with Crippen LogP contribution in [0.2, 0.25) is 0 Å². The predicted octanol–water partition coefficient (Wildman–Crippen LogP) is 4.45. The number of nitrogens with zero attached hydrogens (tertiary/aromatic N) is 1. The lowest BCUT2D eigenvalue weighted by atomic mass is 9.73. The van der Waals surface area contributed by atoms with Crippen LogP contribution < -0.4 is 0 Å². The molecule has 5 atom stereocenters. The van der Waals surface area contributed by atoms with E-state index >= 15 is 0 Å². The van der Waals surface area contributed by atoms with Gasteiger partial charge in [0, 0.05) is 30.6 Å². The Morgan fingerprint density at radius 1 is 1.17 bits per heavy atom. The average molecular weight is 506 g/mol. The number of Topliss-reactive ketones (excluding diaryl/α,β-unsaturated/α-hetero) is 2. The number of allylic oxidation sites excluding steroid dienone is 1. The minimum absolute atomic E-state index is 0.0323. The standard InChI is InChI=1S/C27H39NO6S/c1-15-8-9-22(16(2)11-20-14-35-19(5)28-20)34-24(31)13-23(30)27(6,7)26(33)18(4)25(32)17(3)12-21(29)10-15/h8,11,14,17-18,22-23,25,30,32H,9-10,12-13H2,1-7H3/b15-8-,16-11+/t17-,18+,22-,23-,25-/m0/s1. The maximum absolute atomic E-state index is 13.2. The Morgan fingerprint density at radius 3 is 2.43 bits per heavy atom. The van der Waals surface area contributed by atoms with Gasteiger partial charge in [0.15, 0.2) is 0 Å². The molecular formula is C27H39NO6S. The minimum atomic E-state index is -1.29. The van der Waals surface area contributed by atoms with Crippen LogP contribution >= 0.6 is 11.3 Å². The molecule has 0 fully saturated rings. The number of rotatable bonds is 2. The molecule has 35 heavy (non-hydrogen) atoms. The molecule has 0 radical (unpaired) electrons. The monoisotopic (exact) mass is 505 g/mol. The van der Waals surface area contributed by atoms with Crippen molar-refractivity contribution in [1.82, 2.24) is 4.98 Å². The Kier molecular flexibility index (Phi) is 10.1. The van der Waals surface area contributed by atoms with Gasteiger partial charge < -0.3 is 14.9 Å². The SMILES string of the molecule is C/C1=C/C[C@@H](/C(C)=C/c2csc(C)n2)OC(=O)C[C@H](O)C(C)(C)C(=O)[C@H](C)[C@@H](O)[C@@H](C)CC(=O)C1. The second-order valence-electron chi connectivity index (χ2n) is 10.4. The van der Waals surface area contributed by atoms with E-state index in [-0.39, 0.29) is 30.8 Å². The fourth-order valence-electron chi connectivity index (χ4n) is 4.36. The molecule has 2 rings (SSSR count). The molecule has 0 aromatic carbocycles. The first-order valence-corrected chi connectivity index (χ1v) is 13.0. The van der Waals surface area contributed by atoms with Crippen molar-refractivity contribution in [2.45, 2.75) is 92.5 Å². The van der Waals surface area contributed by atoms with E-state index in [1.807, 2.05) is 38.3 Å². The van der Waals surface area contributed by atoms with E-state index in [0.29, 0.717) is 6.42 Å². The number of ketones is 2. The summed E-state index contributed by atoms with van der Waals surface area (Å²) in [6, 6.07) is 0. The molecule has 0 unspecified atom stereocenters. The molecule has 2 heterocycles. The Labute approximate surface area is 212 Å². The zero-order chi connectivity index (χ0) is 26.5. The van der Waals surface area contributed by atoms with Gasteiger partial charge in [-0.05, 0) is 38.3 Å². The molecule has 2 N–H and O–H groups in total. The molecule has 1 aromatic heterocycles. The number of thiazole rings is 1. The van der Waals surface area contributed by atoms with Crippen molar-refractivity contribution >= 4 is 34.9 Å². The van der Waals surface area contributed by atoms with Crippen molar-refractivity contribution in [1.29, 1.82) is 0 Å². The number of hydrogen-bond donors (Lipinski definition) is 2.